The topological polar surface area (TPSA) is 61.4 Å². The van der Waals surface area contributed by atoms with E-state index in [9.17, 15) is 4.79 Å². The number of benzene rings is 1. The number of aliphatic hydroxyl groups excluding tert-OH is 1. The van der Waals surface area contributed by atoms with Gasteiger partial charge in [0, 0.05) is 24.3 Å². The summed E-state index contributed by atoms with van der Waals surface area (Å²) in [5.74, 6) is 2.10. The molecule has 118 valence electrons. The van der Waals surface area contributed by atoms with Gasteiger partial charge in [0.15, 0.2) is 0 Å². The third kappa shape index (κ3) is 3.02. The number of aliphatic hydroxyl groups is 1. The van der Waals surface area contributed by atoms with E-state index in [2.05, 4.69) is 22.8 Å². The fourth-order valence-electron chi connectivity index (χ4n) is 3.71. The summed E-state index contributed by atoms with van der Waals surface area (Å²) in [7, 11) is 0. The largest absolute Gasteiger partial charge is 0.395 e. The van der Waals surface area contributed by atoms with E-state index in [1.807, 2.05) is 25.1 Å². The number of rotatable bonds is 6. The molecule has 0 spiro atoms. The molecule has 1 aromatic carbocycles. The maximum atomic E-state index is 12.1. The van der Waals surface area contributed by atoms with Gasteiger partial charge < -0.3 is 15.7 Å². The molecule has 2 bridgehead atoms. The lowest BCUT2D eigenvalue weighted by Crippen LogP contribution is -2.27. The third-order valence-corrected chi connectivity index (χ3v) is 4.95. The normalized spacial score (nSPS) is 25.5. The van der Waals surface area contributed by atoms with Gasteiger partial charge in [-0.15, -0.1) is 0 Å². The highest BCUT2D eigenvalue weighted by molar-refractivity contribution is 5.97. The molecule has 0 unspecified atom stereocenters. The van der Waals surface area contributed by atoms with Crippen LogP contribution in [-0.2, 0) is 0 Å². The molecule has 3 N–H and O–H groups in total. The molecule has 4 nitrogen and oxygen atoms in total. The molecule has 0 saturated heterocycles. The van der Waals surface area contributed by atoms with Crippen LogP contribution < -0.4 is 10.6 Å². The molecule has 2 aliphatic carbocycles. The van der Waals surface area contributed by atoms with Crippen molar-refractivity contribution in [3.63, 3.8) is 0 Å². The first kappa shape index (κ1) is 15.1. The molecule has 4 heteroatoms. The highest BCUT2D eigenvalue weighted by atomic mass is 16.3. The molecular weight excluding hydrogens is 276 g/mol. The van der Waals surface area contributed by atoms with Crippen LogP contribution in [-0.4, -0.2) is 30.7 Å². The number of hydrogen-bond acceptors (Lipinski definition) is 3. The minimum atomic E-state index is -0.127. The molecule has 3 atom stereocenters. The Balaban J connectivity index is 1.64. The van der Waals surface area contributed by atoms with Crippen molar-refractivity contribution in [3.05, 3.63) is 41.5 Å². The predicted octanol–water partition coefficient (Wildman–Crippen LogP) is 2.34. The zero-order valence-corrected chi connectivity index (χ0v) is 13.0. The Morgan fingerprint density at radius 3 is 2.86 bits per heavy atom. The predicted molar refractivity (Wildman–Crippen MR) is 87.9 cm³/mol. The average molecular weight is 300 g/mol. The van der Waals surface area contributed by atoms with Gasteiger partial charge in [-0.2, -0.15) is 0 Å². The quantitative estimate of drug-likeness (QED) is 0.707. The molecular formula is C18H24N2O2. The second-order valence-electron chi connectivity index (χ2n) is 6.38. The van der Waals surface area contributed by atoms with Crippen molar-refractivity contribution < 1.29 is 9.90 Å². The van der Waals surface area contributed by atoms with Crippen molar-refractivity contribution in [2.75, 3.05) is 25.0 Å². The smallest absolute Gasteiger partial charge is 0.251 e. The first-order valence-corrected chi connectivity index (χ1v) is 8.10. The summed E-state index contributed by atoms with van der Waals surface area (Å²) in [4.78, 5) is 12.1. The number of carbonyl (C=O) groups is 1. The van der Waals surface area contributed by atoms with Crippen molar-refractivity contribution in [2.24, 2.45) is 17.8 Å². The molecule has 1 saturated carbocycles. The Labute approximate surface area is 131 Å². The van der Waals surface area contributed by atoms with Crippen molar-refractivity contribution in [2.45, 2.75) is 19.8 Å². The van der Waals surface area contributed by atoms with Crippen LogP contribution in [0, 0.1) is 24.7 Å². The van der Waals surface area contributed by atoms with Crippen LogP contribution in [0.3, 0.4) is 0 Å². The fourth-order valence-corrected chi connectivity index (χ4v) is 3.71. The number of fused-ring (bicyclic) bond motifs is 2. The van der Waals surface area contributed by atoms with E-state index in [0.717, 1.165) is 29.6 Å². The lowest BCUT2D eigenvalue weighted by atomic mass is 9.93. The minimum Gasteiger partial charge on any atom is -0.395 e. The number of hydrogen-bond donors (Lipinski definition) is 3. The monoisotopic (exact) mass is 300 g/mol. The average Bonchev–Trinajstić information content (AvgIpc) is 3.14. The van der Waals surface area contributed by atoms with Crippen molar-refractivity contribution in [1.29, 1.82) is 0 Å². The summed E-state index contributed by atoms with van der Waals surface area (Å²) < 4.78 is 0. The number of nitrogens with one attached hydrogen (secondary N) is 2. The first-order valence-electron chi connectivity index (χ1n) is 8.10. The summed E-state index contributed by atoms with van der Waals surface area (Å²) in [6, 6.07) is 5.76. The summed E-state index contributed by atoms with van der Waals surface area (Å²) >= 11 is 0. The SMILES string of the molecule is Cc1c(NC[C@H]2C[C@H]3C=C[C@H]2C3)cccc1C(=O)NCCO. The third-order valence-electron chi connectivity index (χ3n) is 4.95. The maximum Gasteiger partial charge on any atom is 0.251 e. The Hall–Kier alpha value is -1.81. The molecule has 0 heterocycles. The van der Waals surface area contributed by atoms with Crippen LogP contribution in [0.1, 0.15) is 28.8 Å². The van der Waals surface area contributed by atoms with Crippen LogP contribution in [0.2, 0.25) is 0 Å². The number of allylic oxidation sites excluding steroid dienone is 2. The maximum absolute atomic E-state index is 12.1. The number of anilines is 1. The van der Waals surface area contributed by atoms with Crippen LogP contribution in [0.25, 0.3) is 0 Å². The first-order chi connectivity index (χ1) is 10.7. The van der Waals surface area contributed by atoms with Crippen LogP contribution in [0.4, 0.5) is 5.69 Å². The summed E-state index contributed by atoms with van der Waals surface area (Å²) in [5, 5.41) is 15.0. The van der Waals surface area contributed by atoms with Crippen molar-refractivity contribution in [3.8, 4) is 0 Å². The standard InChI is InChI=1S/C18H24N2O2/c1-12-16(18(22)19-7-8-21)3-2-4-17(12)20-11-15-10-13-5-6-14(15)9-13/h2-6,13-15,20-21H,7-11H2,1H3,(H,19,22)/t13-,14-,15+/m0/s1. The molecule has 1 amide bonds. The van der Waals surface area contributed by atoms with E-state index >= 15 is 0 Å². The van der Waals surface area contributed by atoms with Gasteiger partial charge >= 0.3 is 0 Å². The number of carbonyl (C=O) groups excluding carboxylic acids is 1. The molecule has 1 fully saturated rings. The molecule has 0 aromatic heterocycles. The van der Waals surface area contributed by atoms with Gasteiger partial charge in [0.25, 0.3) is 5.91 Å². The Bertz CT molecular complexity index is 582. The van der Waals surface area contributed by atoms with Crippen LogP contribution in [0.15, 0.2) is 30.4 Å². The van der Waals surface area contributed by atoms with Crippen molar-refractivity contribution >= 4 is 11.6 Å². The zero-order valence-electron chi connectivity index (χ0n) is 13.0. The molecule has 2 aliphatic rings. The lowest BCUT2D eigenvalue weighted by molar-refractivity contribution is 0.0944. The van der Waals surface area contributed by atoms with Crippen LogP contribution in [0.5, 0.6) is 0 Å². The molecule has 3 rings (SSSR count). The van der Waals surface area contributed by atoms with Gasteiger partial charge in [-0.3, -0.25) is 4.79 Å². The summed E-state index contributed by atoms with van der Waals surface area (Å²) in [5.41, 5.74) is 2.67. The Morgan fingerprint density at radius 1 is 1.32 bits per heavy atom. The summed E-state index contributed by atoms with van der Waals surface area (Å²) in [6.45, 7) is 3.18. The number of amides is 1. The molecule has 0 radical (unpaired) electrons. The summed E-state index contributed by atoms with van der Waals surface area (Å²) in [6.07, 6.45) is 7.32. The lowest BCUT2D eigenvalue weighted by Gasteiger charge is -2.20. The molecule has 1 aromatic rings. The van der Waals surface area contributed by atoms with Gasteiger partial charge in [0.1, 0.15) is 0 Å². The van der Waals surface area contributed by atoms with Gasteiger partial charge in [0.05, 0.1) is 6.61 Å². The van der Waals surface area contributed by atoms with Gasteiger partial charge in [-0.1, -0.05) is 18.2 Å². The Kier molecular flexibility index (Phi) is 4.48. The minimum absolute atomic E-state index is 0.0412. The van der Waals surface area contributed by atoms with Crippen molar-refractivity contribution in [1.82, 2.24) is 5.32 Å². The second-order valence-corrected chi connectivity index (χ2v) is 6.38. The molecule has 0 aliphatic heterocycles. The van der Waals surface area contributed by atoms with Gasteiger partial charge in [-0.05, 0) is 55.2 Å². The highest BCUT2D eigenvalue weighted by Gasteiger charge is 2.35. The zero-order chi connectivity index (χ0) is 15.5. The fraction of sp³-hybridized carbons (Fsp3) is 0.500. The van der Waals surface area contributed by atoms with Crippen LogP contribution >= 0.6 is 0 Å². The van der Waals surface area contributed by atoms with E-state index in [4.69, 9.17) is 5.11 Å². The Morgan fingerprint density at radius 2 is 2.18 bits per heavy atom. The van der Waals surface area contributed by atoms with E-state index in [1.165, 1.54) is 12.8 Å². The van der Waals surface area contributed by atoms with Gasteiger partial charge in [0.2, 0.25) is 0 Å². The van der Waals surface area contributed by atoms with E-state index in [1.54, 1.807) is 0 Å². The van der Waals surface area contributed by atoms with E-state index in [0.29, 0.717) is 11.5 Å². The second kappa shape index (κ2) is 6.53. The van der Waals surface area contributed by atoms with E-state index in [-0.39, 0.29) is 19.1 Å². The highest BCUT2D eigenvalue weighted by Crippen LogP contribution is 2.43. The van der Waals surface area contributed by atoms with E-state index < -0.39 is 0 Å². The molecule has 22 heavy (non-hydrogen) atoms. The van der Waals surface area contributed by atoms with Gasteiger partial charge in [-0.25, -0.2) is 0 Å².